The highest BCUT2D eigenvalue weighted by Crippen LogP contribution is 2.23. The lowest BCUT2D eigenvalue weighted by Crippen LogP contribution is -2.25. The van der Waals surface area contributed by atoms with Crippen molar-refractivity contribution in [3.63, 3.8) is 0 Å². The van der Waals surface area contributed by atoms with E-state index in [1.807, 2.05) is 30.3 Å². The molecule has 4 aromatic rings. The van der Waals surface area contributed by atoms with Gasteiger partial charge in [0.15, 0.2) is 11.0 Å². The molecule has 1 heterocycles. The Kier molecular flexibility index (Phi) is 8.83. The molecule has 1 aromatic heterocycles. The van der Waals surface area contributed by atoms with Crippen molar-refractivity contribution in [1.82, 2.24) is 20.1 Å². The van der Waals surface area contributed by atoms with E-state index in [0.29, 0.717) is 22.2 Å². The monoisotopic (exact) mass is 533 g/mol. The van der Waals surface area contributed by atoms with Crippen LogP contribution in [0.1, 0.15) is 33.5 Å². The standard InChI is InChI=1S/C27H24FN5O4S/c1-2-37-26(36)18-9-8-10-19(15-18)30-24(34)17-38-27-32-31-23(33(27)20-11-4-3-5-12-20)16-29-25(35)21-13-6-7-14-22(21)28/h3-15H,2,16-17H2,1H3,(H,29,35)(H,30,34). The molecule has 9 nitrogen and oxygen atoms in total. The maximum absolute atomic E-state index is 14.0. The summed E-state index contributed by atoms with van der Waals surface area (Å²) >= 11 is 1.15. The smallest absolute Gasteiger partial charge is 0.338 e. The van der Waals surface area contributed by atoms with Crippen LogP contribution in [0.5, 0.6) is 0 Å². The van der Waals surface area contributed by atoms with Gasteiger partial charge in [0.05, 0.1) is 30.0 Å². The second-order valence-electron chi connectivity index (χ2n) is 7.87. The zero-order valence-corrected chi connectivity index (χ0v) is 21.2. The highest BCUT2D eigenvalue weighted by molar-refractivity contribution is 7.99. The number of nitrogens with zero attached hydrogens (tertiary/aromatic N) is 3. The van der Waals surface area contributed by atoms with Gasteiger partial charge in [0.25, 0.3) is 5.91 Å². The lowest BCUT2D eigenvalue weighted by atomic mass is 10.2. The lowest BCUT2D eigenvalue weighted by molar-refractivity contribution is -0.113. The van der Waals surface area contributed by atoms with Gasteiger partial charge in [-0.15, -0.1) is 10.2 Å². The van der Waals surface area contributed by atoms with E-state index in [2.05, 4.69) is 20.8 Å². The third kappa shape index (κ3) is 6.62. The number of esters is 1. The fourth-order valence-corrected chi connectivity index (χ4v) is 4.28. The Bertz CT molecular complexity index is 1440. The van der Waals surface area contributed by atoms with Crippen LogP contribution in [0.3, 0.4) is 0 Å². The van der Waals surface area contributed by atoms with Crippen LogP contribution in [0.15, 0.2) is 84.0 Å². The normalized spacial score (nSPS) is 10.6. The SMILES string of the molecule is CCOC(=O)c1cccc(NC(=O)CSc2nnc(CNC(=O)c3ccccc3F)n2-c2ccccc2)c1. The molecule has 0 aliphatic carbocycles. The Balaban J connectivity index is 1.46. The third-order valence-corrected chi connectivity index (χ3v) is 6.16. The van der Waals surface area contributed by atoms with E-state index in [1.54, 1.807) is 41.8 Å². The minimum atomic E-state index is -0.621. The Morgan fingerprint density at radius 1 is 0.974 bits per heavy atom. The van der Waals surface area contributed by atoms with Gasteiger partial charge in [-0.3, -0.25) is 14.2 Å². The van der Waals surface area contributed by atoms with Crippen molar-refractivity contribution in [1.29, 1.82) is 0 Å². The van der Waals surface area contributed by atoms with Gasteiger partial charge in [0, 0.05) is 11.4 Å². The number of hydrogen-bond donors (Lipinski definition) is 2. The Hall–Kier alpha value is -4.51. The first-order valence-corrected chi connectivity index (χ1v) is 12.7. The van der Waals surface area contributed by atoms with Gasteiger partial charge >= 0.3 is 5.97 Å². The van der Waals surface area contributed by atoms with E-state index < -0.39 is 17.7 Å². The number of halogens is 1. The topological polar surface area (TPSA) is 115 Å². The summed E-state index contributed by atoms with van der Waals surface area (Å²) in [6.45, 7) is 1.96. The molecule has 2 amide bonds. The first-order valence-electron chi connectivity index (χ1n) is 11.7. The van der Waals surface area contributed by atoms with Gasteiger partial charge in [-0.1, -0.05) is 48.2 Å². The van der Waals surface area contributed by atoms with E-state index in [4.69, 9.17) is 4.74 Å². The Labute approximate surface area is 222 Å². The van der Waals surface area contributed by atoms with Crippen LogP contribution in [-0.4, -0.2) is 44.9 Å². The van der Waals surface area contributed by atoms with Gasteiger partial charge in [-0.25, -0.2) is 9.18 Å². The van der Waals surface area contributed by atoms with E-state index in [9.17, 15) is 18.8 Å². The summed E-state index contributed by atoms with van der Waals surface area (Å²) < 4.78 is 20.7. The highest BCUT2D eigenvalue weighted by atomic mass is 32.2. The molecule has 0 radical (unpaired) electrons. The van der Waals surface area contributed by atoms with E-state index >= 15 is 0 Å². The number of anilines is 1. The van der Waals surface area contributed by atoms with Crippen LogP contribution >= 0.6 is 11.8 Å². The number of para-hydroxylation sites is 1. The van der Waals surface area contributed by atoms with E-state index in [1.165, 1.54) is 18.2 Å². The van der Waals surface area contributed by atoms with Gasteiger partial charge in [0.2, 0.25) is 5.91 Å². The summed E-state index contributed by atoms with van der Waals surface area (Å²) in [6, 6.07) is 21.4. The molecule has 0 fully saturated rings. The molecule has 4 rings (SSSR count). The highest BCUT2D eigenvalue weighted by Gasteiger charge is 2.18. The number of carbonyl (C=O) groups excluding carboxylic acids is 3. The van der Waals surface area contributed by atoms with E-state index in [-0.39, 0.29) is 30.4 Å². The molecule has 3 aromatic carbocycles. The quantitative estimate of drug-likeness (QED) is 0.231. The molecule has 0 spiro atoms. The zero-order chi connectivity index (χ0) is 26.9. The number of nitrogens with one attached hydrogen (secondary N) is 2. The van der Waals surface area contributed by atoms with Crippen molar-refractivity contribution in [2.24, 2.45) is 0 Å². The lowest BCUT2D eigenvalue weighted by Gasteiger charge is -2.11. The maximum Gasteiger partial charge on any atom is 0.338 e. The summed E-state index contributed by atoms with van der Waals surface area (Å²) in [7, 11) is 0. The predicted molar refractivity (Wildman–Crippen MR) is 141 cm³/mol. The van der Waals surface area contributed by atoms with Gasteiger partial charge in [-0.05, 0) is 49.4 Å². The van der Waals surface area contributed by atoms with Crippen LogP contribution in [0.4, 0.5) is 10.1 Å². The molecule has 194 valence electrons. The van der Waals surface area contributed by atoms with Crippen molar-refractivity contribution in [3.05, 3.63) is 102 Å². The van der Waals surface area contributed by atoms with Crippen LogP contribution < -0.4 is 10.6 Å². The largest absolute Gasteiger partial charge is 0.462 e. The molecular formula is C27H24FN5O4S. The molecular weight excluding hydrogens is 509 g/mol. The molecule has 0 unspecified atom stereocenters. The average molecular weight is 534 g/mol. The summed E-state index contributed by atoms with van der Waals surface area (Å²) in [5.74, 6) is -1.56. The first-order chi connectivity index (χ1) is 18.5. The summed E-state index contributed by atoms with van der Waals surface area (Å²) in [5.41, 5.74) is 1.46. The molecule has 0 saturated heterocycles. The minimum absolute atomic E-state index is 0.0101. The summed E-state index contributed by atoms with van der Waals surface area (Å²) in [4.78, 5) is 37.1. The van der Waals surface area contributed by atoms with E-state index in [0.717, 1.165) is 17.4 Å². The summed E-state index contributed by atoms with van der Waals surface area (Å²) in [5, 5.41) is 14.3. The van der Waals surface area contributed by atoms with Crippen molar-refractivity contribution in [3.8, 4) is 5.69 Å². The zero-order valence-electron chi connectivity index (χ0n) is 20.4. The number of rotatable bonds is 10. The summed E-state index contributed by atoms with van der Waals surface area (Å²) in [6.07, 6.45) is 0. The molecule has 0 aliphatic rings. The molecule has 0 saturated carbocycles. The number of benzene rings is 3. The molecule has 0 atom stereocenters. The second kappa shape index (κ2) is 12.6. The third-order valence-electron chi connectivity index (χ3n) is 5.23. The van der Waals surface area contributed by atoms with Crippen molar-refractivity contribution >= 4 is 35.2 Å². The van der Waals surface area contributed by atoms with Crippen molar-refractivity contribution < 1.29 is 23.5 Å². The van der Waals surface area contributed by atoms with Gasteiger partial charge < -0.3 is 15.4 Å². The van der Waals surface area contributed by atoms with Crippen molar-refractivity contribution in [2.45, 2.75) is 18.6 Å². The fourth-order valence-electron chi connectivity index (χ4n) is 3.51. The molecule has 38 heavy (non-hydrogen) atoms. The first kappa shape index (κ1) is 26.6. The van der Waals surface area contributed by atoms with Gasteiger partial charge in [0.1, 0.15) is 5.82 Å². The number of amides is 2. The molecule has 0 aliphatic heterocycles. The second-order valence-corrected chi connectivity index (χ2v) is 8.81. The number of aromatic nitrogens is 3. The Morgan fingerprint density at radius 2 is 1.74 bits per heavy atom. The van der Waals surface area contributed by atoms with Crippen LogP contribution in [0.2, 0.25) is 0 Å². The molecule has 0 bridgehead atoms. The van der Waals surface area contributed by atoms with Crippen molar-refractivity contribution in [2.75, 3.05) is 17.7 Å². The number of carbonyl (C=O) groups is 3. The van der Waals surface area contributed by atoms with Crippen LogP contribution in [0.25, 0.3) is 5.69 Å². The predicted octanol–water partition coefficient (Wildman–Crippen LogP) is 4.24. The minimum Gasteiger partial charge on any atom is -0.462 e. The molecule has 11 heteroatoms. The number of ether oxygens (including phenoxy) is 1. The van der Waals surface area contributed by atoms with Gasteiger partial charge in [-0.2, -0.15) is 0 Å². The number of thioether (sulfide) groups is 1. The fraction of sp³-hybridized carbons (Fsp3) is 0.148. The maximum atomic E-state index is 14.0. The Morgan fingerprint density at radius 3 is 2.50 bits per heavy atom. The molecule has 2 N–H and O–H groups in total. The average Bonchev–Trinajstić information content (AvgIpc) is 3.34. The number of hydrogen-bond acceptors (Lipinski definition) is 7. The van der Waals surface area contributed by atoms with Crippen LogP contribution in [-0.2, 0) is 16.1 Å². The van der Waals surface area contributed by atoms with Crippen LogP contribution in [0, 0.1) is 5.82 Å².